The molecule has 43 heavy (non-hydrogen) atoms. The number of anilines is 1. The molecular weight excluding hydrogens is 565 g/mol. The Balaban J connectivity index is 1.88. The highest BCUT2D eigenvalue weighted by Gasteiger charge is 2.25. The van der Waals surface area contributed by atoms with Crippen LogP contribution in [-0.4, -0.2) is 45.9 Å². The molecule has 0 aliphatic rings. The summed E-state index contributed by atoms with van der Waals surface area (Å²) in [4.78, 5) is 41.2. The van der Waals surface area contributed by atoms with E-state index in [1.807, 2.05) is 0 Å². The van der Waals surface area contributed by atoms with Crippen molar-refractivity contribution in [3.63, 3.8) is 0 Å². The molecule has 0 aliphatic heterocycles. The van der Waals surface area contributed by atoms with Gasteiger partial charge >= 0.3 is 11.7 Å². The van der Waals surface area contributed by atoms with E-state index in [-0.39, 0.29) is 23.5 Å². The van der Waals surface area contributed by atoms with E-state index in [1.165, 1.54) is 42.1 Å². The number of ether oxygens (including phenoxy) is 1. The number of nitrogens with two attached hydrogens (primary N) is 1. The average Bonchev–Trinajstić information content (AvgIpc) is 3.32. The summed E-state index contributed by atoms with van der Waals surface area (Å²) in [5.41, 5.74) is 4.51. The highest BCUT2D eigenvalue weighted by atomic mass is 19.1. The third-order valence-corrected chi connectivity index (χ3v) is 6.88. The lowest BCUT2D eigenvalue weighted by Gasteiger charge is -2.17. The van der Waals surface area contributed by atoms with Crippen molar-refractivity contribution in [2.45, 2.75) is 13.1 Å². The number of hydrogen-bond donors (Lipinski definition) is 2. The van der Waals surface area contributed by atoms with Gasteiger partial charge in [-0.2, -0.15) is 0 Å². The van der Waals surface area contributed by atoms with Gasteiger partial charge in [-0.05, 0) is 56.1 Å². The topological polar surface area (TPSA) is 116 Å². The predicted molar refractivity (Wildman–Crippen MR) is 155 cm³/mol. The molecule has 2 aromatic heterocycles. The molecule has 2 heterocycles. The zero-order valence-corrected chi connectivity index (χ0v) is 23.4. The second kappa shape index (κ2) is 11.5. The first-order valence-corrected chi connectivity index (χ1v) is 13.0. The van der Waals surface area contributed by atoms with E-state index in [2.05, 4.69) is 5.32 Å². The van der Waals surface area contributed by atoms with Gasteiger partial charge in [-0.1, -0.05) is 24.3 Å². The summed E-state index contributed by atoms with van der Waals surface area (Å²) in [5, 5.41) is 2.47. The fourth-order valence-electron chi connectivity index (χ4n) is 4.97. The lowest BCUT2D eigenvalue weighted by atomic mass is 10.0. The molecular formula is C30H27F3N6O4. The van der Waals surface area contributed by atoms with Crippen LogP contribution in [0.2, 0.25) is 0 Å². The van der Waals surface area contributed by atoms with E-state index in [4.69, 9.17) is 10.5 Å². The average molecular weight is 593 g/mol. The van der Waals surface area contributed by atoms with Crippen LogP contribution in [0.25, 0.3) is 22.3 Å². The number of amides is 2. The number of aromatic nitrogens is 3. The Morgan fingerprint density at radius 2 is 1.60 bits per heavy atom. The van der Waals surface area contributed by atoms with Crippen LogP contribution in [0.1, 0.15) is 11.1 Å². The Morgan fingerprint density at radius 3 is 2.21 bits per heavy atom. The number of nitrogens with zero attached hydrogens (tertiary/aromatic N) is 4. The number of primary amides is 1. The molecule has 3 aromatic carbocycles. The van der Waals surface area contributed by atoms with Crippen LogP contribution in [0.3, 0.4) is 0 Å². The van der Waals surface area contributed by atoms with Crippen LogP contribution in [0.5, 0.6) is 5.75 Å². The molecule has 13 heteroatoms. The van der Waals surface area contributed by atoms with E-state index >= 15 is 4.39 Å². The Hall–Kier alpha value is -5.30. The van der Waals surface area contributed by atoms with Crippen molar-refractivity contribution in [1.82, 2.24) is 18.7 Å². The minimum atomic E-state index is -1.04. The number of hydrogen-bond acceptors (Lipinski definition) is 5. The molecule has 0 bridgehead atoms. The van der Waals surface area contributed by atoms with Gasteiger partial charge in [-0.15, -0.1) is 0 Å². The maximum absolute atomic E-state index is 15.5. The summed E-state index contributed by atoms with van der Waals surface area (Å²) in [5.74, 6) is -2.96. The minimum absolute atomic E-state index is 0.0124. The molecule has 10 nitrogen and oxygen atoms in total. The molecule has 0 radical (unpaired) electrons. The second-order valence-corrected chi connectivity index (χ2v) is 9.99. The molecule has 0 atom stereocenters. The second-order valence-electron chi connectivity index (χ2n) is 9.99. The van der Waals surface area contributed by atoms with Crippen molar-refractivity contribution in [1.29, 1.82) is 0 Å². The first kappa shape index (κ1) is 29.2. The summed E-state index contributed by atoms with van der Waals surface area (Å²) in [6.45, 7) is -0.411. The van der Waals surface area contributed by atoms with Gasteiger partial charge in [-0.25, -0.2) is 32.0 Å². The maximum atomic E-state index is 15.5. The molecule has 3 N–H and O–H groups in total. The Morgan fingerprint density at radius 1 is 0.953 bits per heavy atom. The van der Waals surface area contributed by atoms with Crippen molar-refractivity contribution in [3.05, 3.63) is 116 Å². The zero-order chi connectivity index (χ0) is 31.0. The van der Waals surface area contributed by atoms with Crippen LogP contribution >= 0.6 is 0 Å². The molecule has 0 saturated carbocycles. The number of rotatable bonds is 8. The van der Waals surface area contributed by atoms with Crippen LogP contribution in [0.4, 0.5) is 23.7 Å². The number of halogens is 3. The summed E-state index contributed by atoms with van der Waals surface area (Å²) >= 11 is 0. The predicted octanol–water partition coefficient (Wildman–Crippen LogP) is 3.95. The Kier molecular flexibility index (Phi) is 7.83. The van der Waals surface area contributed by atoms with Gasteiger partial charge in [-0.3, -0.25) is 9.31 Å². The van der Waals surface area contributed by atoms with Gasteiger partial charge in [0.2, 0.25) is 0 Å². The quantitative estimate of drug-likeness (QED) is 0.283. The number of benzene rings is 3. The monoisotopic (exact) mass is 592 g/mol. The third kappa shape index (κ3) is 5.37. The molecule has 222 valence electrons. The lowest BCUT2D eigenvalue weighted by Crippen LogP contribution is -2.43. The Labute approximate surface area is 242 Å². The summed E-state index contributed by atoms with van der Waals surface area (Å²) in [7, 11) is 4.79. The molecule has 0 saturated heterocycles. The van der Waals surface area contributed by atoms with Gasteiger partial charge in [0.15, 0.2) is 11.6 Å². The Bertz CT molecular complexity index is 1960. The third-order valence-electron chi connectivity index (χ3n) is 6.88. The molecule has 0 unspecified atom stereocenters. The first-order chi connectivity index (χ1) is 20.5. The molecule has 0 fully saturated rings. The van der Waals surface area contributed by atoms with Crippen LogP contribution < -0.4 is 27.0 Å². The number of carbonyl (C=O) groups is 1. The van der Waals surface area contributed by atoms with Crippen molar-refractivity contribution in [2.75, 3.05) is 26.5 Å². The molecule has 2 amide bonds. The summed E-state index contributed by atoms with van der Waals surface area (Å²) in [6, 6.07) is 13.1. The van der Waals surface area contributed by atoms with E-state index in [0.717, 1.165) is 16.8 Å². The van der Waals surface area contributed by atoms with Gasteiger partial charge in [0, 0.05) is 35.1 Å². The van der Waals surface area contributed by atoms with Crippen molar-refractivity contribution in [2.24, 2.45) is 5.73 Å². The summed E-state index contributed by atoms with van der Waals surface area (Å²) < 4.78 is 53.1. The standard InChI is InChI=1S/C30H27F3N6O4/c1-36(2)14-20-19(17-10-12-18(13-11-17)35-29(34)41)15-37-27(20)28(40)39(24-8-5-9-25(43-3)26(24)33)30(42)38(37)16-21-22(31)6-4-7-23(21)32/h4-13,15H,14,16H2,1-3H3,(H3,34,35,41). The zero-order valence-electron chi connectivity index (χ0n) is 23.4. The first-order valence-electron chi connectivity index (χ1n) is 13.0. The fraction of sp³-hybridized carbons (Fsp3) is 0.167. The van der Waals surface area contributed by atoms with Crippen molar-refractivity contribution >= 4 is 17.2 Å². The van der Waals surface area contributed by atoms with Gasteiger partial charge in [0.05, 0.1) is 19.3 Å². The summed E-state index contributed by atoms with van der Waals surface area (Å²) in [6.07, 6.45) is 1.51. The molecule has 0 spiro atoms. The lowest BCUT2D eigenvalue weighted by molar-refractivity contribution is 0.259. The number of methoxy groups -OCH3 is 1. The van der Waals surface area contributed by atoms with Crippen molar-refractivity contribution < 1.29 is 22.7 Å². The molecule has 5 aromatic rings. The SMILES string of the molecule is COc1cccc(-n2c(=O)c3c(CN(C)C)c(-c4ccc(NC(N)=O)cc4)cn3n(Cc3c(F)cccc3F)c2=O)c1F. The van der Waals surface area contributed by atoms with Gasteiger partial charge in [0.25, 0.3) is 5.56 Å². The highest BCUT2D eigenvalue weighted by Crippen LogP contribution is 2.30. The largest absolute Gasteiger partial charge is 0.494 e. The van der Waals surface area contributed by atoms with E-state index < -0.39 is 46.8 Å². The van der Waals surface area contributed by atoms with E-state index in [1.54, 1.807) is 43.3 Å². The maximum Gasteiger partial charge on any atom is 0.351 e. The van der Waals surface area contributed by atoms with Crippen LogP contribution in [0.15, 0.2) is 76.4 Å². The van der Waals surface area contributed by atoms with Gasteiger partial charge < -0.3 is 20.7 Å². The smallest absolute Gasteiger partial charge is 0.351 e. The minimum Gasteiger partial charge on any atom is -0.494 e. The number of nitrogens with one attached hydrogen (secondary N) is 1. The van der Waals surface area contributed by atoms with E-state index in [0.29, 0.717) is 26.9 Å². The number of fused-ring (bicyclic) bond motifs is 1. The highest BCUT2D eigenvalue weighted by molar-refractivity contribution is 5.88. The van der Waals surface area contributed by atoms with E-state index in [9.17, 15) is 23.2 Å². The fourth-order valence-corrected chi connectivity index (χ4v) is 4.97. The van der Waals surface area contributed by atoms with Crippen molar-refractivity contribution in [3.8, 4) is 22.6 Å². The number of carbonyl (C=O) groups excluding carboxylic acids is 1. The molecule has 5 rings (SSSR count). The normalized spacial score (nSPS) is 11.3. The van der Waals surface area contributed by atoms with Crippen LogP contribution in [0, 0.1) is 17.5 Å². The molecule has 0 aliphatic carbocycles. The van der Waals surface area contributed by atoms with Gasteiger partial charge in [0.1, 0.15) is 17.2 Å². The van der Waals surface area contributed by atoms with Crippen LogP contribution in [-0.2, 0) is 13.1 Å². The number of urea groups is 1.